The number of aliphatic imine (C=N–C) groups is 1. The van der Waals surface area contributed by atoms with Crippen molar-refractivity contribution in [3.63, 3.8) is 0 Å². The molecule has 7 aromatic carbocycles. The molecule has 0 fully saturated rings. The Labute approximate surface area is 379 Å². The molecule has 9 N–H and O–H groups in total. The third-order valence-corrected chi connectivity index (χ3v) is 12.3. The van der Waals surface area contributed by atoms with Gasteiger partial charge in [-0.2, -0.15) is 45.7 Å². The number of fused-ring (bicyclic) bond motifs is 2. The number of benzene rings is 7. The molecule has 0 atom stereocenters. The van der Waals surface area contributed by atoms with E-state index in [1.807, 2.05) is 0 Å². The van der Waals surface area contributed by atoms with Crippen molar-refractivity contribution in [2.75, 3.05) is 5.32 Å². The third-order valence-electron chi connectivity index (χ3n) is 9.71. The number of azo groups is 3. The zero-order valence-electron chi connectivity index (χ0n) is 34.3. The number of rotatable bonds is 12. The summed E-state index contributed by atoms with van der Waals surface area (Å²) >= 11 is 0. The van der Waals surface area contributed by atoms with Crippen molar-refractivity contribution < 1.29 is 59.3 Å². The zero-order valence-corrected chi connectivity index (χ0v) is 36.8. The lowest BCUT2D eigenvalue weighted by molar-refractivity contribution is 0.471. The summed E-state index contributed by atoms with van der Waals surface area (Å²) in [6.07, 6.45) is 0. The largest absolute Gasteiger partial charge is 0.505 e. The average Bonchev–Trinajstić information content (AvgIpc) is 3.24. The lowest BCUT2D eigenvalue weighted by Gasteiger charge is -2.10. The van der Waals surface area contributed by atoms with Crippen molar-refractivity contribution >= 4 is 109 Å². The molecule has 0 amide bonds. The second-order valence-electron chi connectivity index (χ2n) is 14.4. The van der Waals surface area contributed by atoms with Crippen LogP contribution in [0.5, 0.6) is 11.5 Å². The number of phenols is 2. The van der Waals surface area contributed by atoms with Gasteiger partial charge in [-0.05, 0) is 145 Å². The number of nitrogens with zero attached hydrogens (tertiary/aromatic N) is 7. The van der Waals surface area contributed by atoms with E-state index in [9.17, 15) is 59.3 Å². The first-order chi connectivity index (χ1) is 31.5. The van der Waals surface area contributed by atoms with E-state index in [1.165, 1.54) is 91.0 Å². The first-order valence-electron chi connectivity index (χ1n) is 18.9. The van der Waals surface area contributed by atoms with Crippen LogP contribution in [0.15, 0.2) is 160 Å². The Morgan fingerprint density at radius 3 is 1.57 bits per heavy atom. The summed E-state index contributed by atoms with van der Waals surface area (Å²) in [6, 6.07) is 23.2. The number of anilines is 1. The number of nitrogens with one attached hydrogen (secondary N) is 2. The van der Waals surface area contributed by atoms with E-state index in [-0.39, 0.29) is 54.8 Å². The molecule has 0 heterocycles. The first-order valence-corrected chi connectivity index (χ1v) is 23.2. The second kappa shape index (κ2) is 18.1. The Bertz CT molecular complexity index is 3680. The van der Waals surface area contributed by atoms with Crippen molar-refractivity contribution in [1.29, 1.82) is 5.41 Å². The predicted molar refractivity (Wildman–Crippen MR) is 245 cm³/mol. The molecule has 0 spiro atoms. The van der Waals surface area contributed by atoms with Gasteiger partial charge in [-0.3, -0.25) is 19.1 Å². The monoisotopic (exact) mass is 967 g/mol. The van der Waals surface area contributed by atoms with Gasteiger partial charge in [-0.25, -0.2) is 4.99 Å². The summed E-state index contributed by atoms with van der Waals surface area (Å²) in [4.78, 5) is 2.30. The molecule has 7 rings (SSSR count). The highest BCUT2D eigenvalue weighted by atomic mass is 32.2. The number of amidine groups is 1. The van der Waals surface area contributed by atoms with Crippen molar-refractivity contribution in [2.24, 2.45) is 35.7 Å². The fraction of sp³-hybridized carbons (Fsp3) is 0.0476. The summed E-state index contributed by atoms with van der Waals surface area (Å²) in [5.41, 5.74) is 1.25. The normalized spacial score (nSPS) is 12.8. The number of phenolic OH excluding ortho intramolecular Hbond substituents is 2. The first kappa shape index (κ1) is 46.9. The molecule has 0 aliphatic rings. The molecule has 0 saturated carbocycles. The van der Waals surface area contributed by atoms with Crippen LogP contribution in [0.1, 0.15) is 16.7 Å². The lowest BCUT2D eigenvalue weighted by atomic mass is 10.1. The molecule has 0 aliphatic carbocycles. The fourth-order valence-electron chi connectivity index (χ4n) is 6.46. The van der Waals surface area contributed by atoms with Gasteiger partial charge in [0.25, 0.3) is 36.4 Å². The summed E-state index contributed by atoms with van der Waals surface area (Å²) < 4.78 is 102. The Kier molecular flexibility index (Phi) is 12.7. The van der Waals surface area contributed by atoms with Crippen molar-refractivity contribution in [2.45, 2.75) is 28.5 Å². The minimum absolute atomic E-state index is 0.0756. The maximum Gasteiger partial charge on any atom is 0.296 e. The molecule has 67 heavy (non-hydrogen) atoms. The van der Waals surface area contributed by atoms with Gasteiger partial charge < -0.3 is 25.7 Å². The molecule has 0 bridgehead atoms. The molecule has 0 aromatic heterocycles. The van der Waals surface area contributed by atoms with E-state index in [0.717, 1.165) is 12.1 Å². The van der Waals surface area contributed by atoms with Crippen molar-refractivity contribution in [3.8, 4) is 11.5 Å². The minimum atomic E-state index is -5.01. The molecule has 7 aromatic rings. The Morgan fingerprint density at radius 1 is 0.522 bits per heavy atom. The van der Waals surface area contributed by atoms with Gasteiger partial charge >= 0.3 is 0 Å². The number of aromatic hydroxyl groups is 2. The predicted octanol–water partition coefficient (Wildman–Crippen LogP) is 10.5. The topological polar surface area (TPSA) is 366 Å². The van der Waals surface area contributed by atoms with Crippen molar-refractivity contribution in [3.05, 3.63) is 126 Å². The Morgan fingerprint density at radius 2 is 1.01 bits per heavy atom. The smallest absolute Gasteiger partial charge is 0.296 e. The molecule has 25 heteroatoms. The Balaban J connectivity index is 1.11. The molecule has 342 valence electrons. The zero-order chi connectivity index (χ0) is 48.6. The van der Waals surface area contributed by atoms with Gasteiger partial charge in [0.2, 0.25) is 5.90 Å². The van der Waals surface area contributed by atoms with Crippen LogP contribution in [0.2, 0.25) is 0 Å². The van der Waals surface area contributed by atoms with Crippen LogP contribution in [0.3, 0.4) is 0 Å². The van der Waals surface area contributed by atoms with E-state index < -0.39 is 74.9 Å². The lowest BCUT2D eigenvalue weighted by Crippen LogP contribution is -2.08. The number of hydrogen-bond donors (Lipinski definition) is 9. The standard InChI is InChI=1S/C42H33N9O13S3/c1-21-15-29(47-48-34-14-10-30(16-22(34)2)65(56,57)58)9-13-33(21)49-51-38-36(67(62,63)64)19-24-17-27(7-11-31(24)40(38)53)44-41(54)23-3-5-26(6-4-23)46-50-37-35(66(59,60)61)20-25-18-28(45-42(43)55)8-12-32(25)39(37)52/h3-20,52-53H,1-2H3,(H,44,54)(H3,43,45,55)(H,56,57,58)(H,59,60,61)(H,62,63,64). The minimum Gasteiger partial charge on any atom is -0.505 e. The fourth-order valence-corrected chi connectivity index (χ4v) is 8.34. The Hall–Kier alpha value is -8.07. The van der Waals surface area contributed by atoms with E-state index >= 15 is 0 Å². The molecular weight excluding hydrogens is 935 g/mol. The van der Waals surface area contributed by atoms with Gasteiger partial charge in [-0.1, -0.05) is 0 Å². The van der Waals surface area contributed by atoms with Crippen molar-refractivity contribution in [1.82, 2.24) is 0 Å². The number of aliphatic hydroxyl groups excluding tert-OH is 2. The molecule has 0 unspecified atom stereocenters. The maximum atomic E-state index is 12.6. The third kappa shape index (κ3) is 10.6. The van der Waals surface area contributed by atoms with Crippen LogP contribution in [0, 0.1) is 19.3 Å². The highest BCUT2D eigenvalue weighted by molar-refractivity contribution is 7.86. The van der Waals surface area contributed by atoms with Crippen LogP contribution in [-0.2, 0) is 30.4 Å². The van der Waals surface area contributed by atoms with E-state index in [2.05, 4.69) is 41.0 Å². The highest BCUT2D eigenvalue weighted by Gasteiger charge is 2.24. The molecule has 0 radical (unpaired) electrons. The summed E-state index contributed by atoms with van der Waals surface area (Å²) in [6.45, 7) is 3.24. The van der Waals surface area contributed by atoms with Crippen LogP contribution in [0.4, 0.5) is 45.5 Å². The molecule has 0 aliphatic heterocycles. The number of aryl methyl sites for hydroxylation is 2. The molecule has 22 nitrogen and oxygen atoms in total. The van der Waals surface area contributed by atoms with E-state index in [0.29, 0.717) is 22.5 Å². The molecule has 0 saturated heterocycles. The quantitative estimate of drug-likeness (QED) is 0.0238. The van der Waals surface area contributed by atoms with Gasteiger partial charge in [0, 0.05) is 22.0 Å². The van der Waals surface area contributed by atoms with Gasteiger partial charge in [0.1, 0.15) is 21.2 Å². The van der Waals surface area contributed by atoms with Crippen LogP contribution >= 0.6 is 0 Å². The molecular formula is C42H33N9O13S3. The van der Waals surface area contributed by atoms with E-state index in [1.54, 1.807) is 19.9 Å². The van der Waals surface area contributed by atoms with Gasteiger partial charge in [-0.15, -0.1) is 10.2 Å². The average molecular weight is 968 g/mol. The van der Waals surface area contributed by atoms with Gasteiger partial charge in [0.15, 0.2) is 11.5 Å². The van der Waals surface area contributed by atoms with Crippen LogP contribution in [0.25, 0.3) is 21.5 Å². The summed E-state index contributed by atoms with van der Waals surface area (Å²) in [5, 5.41) is 76.3. The van der Waals surface area contributed by atoms with Crippen LogP contribution in [-0.4, -0.2) is 71.3 Å². The maximum absolute atomic E-state index is 12.6. The summed E-state index contributed by atoms with van der Waals surface area (Å²) in [5.74, 6) is -1.81. The van der Waals surface area contributed by atoms with E-state index in [4.69, 9.17) is 5.41 Å². The second-order valence-corrected chi connectivity index (χ2v) is 18.6. The SMILES string of the molecule is Cc1cc(S(=O)(=O)O)ccc1N=Nc1ccc(N=Nc2c(S(=O)(=O)O)cc3cc(N=C(O)c4ccc(N=Nc5c(S(=O)(=O)O)cc6cc(NC(=N)O)ccc6c5O)cc4)ccc3c2O)c(C)c1. The number of aliphatic hydroxyl groups is 2. The highest BCUT2D eigenvalue weighted by Crippen LogP contribution is 2.44. The van der Waals surface area contributed by atoms with Gasteiger partial charge in [0.05, 0.1) is 33.3 Å². The summed E-state index contributed by atoms with van der Waals surface area (Å²) in [7, 11) is -14.4. The van der Waals surface area contributed by atoms with Crippen LogP contribution < -0.4 is 5.32 Å². The number of hydrogen-bond acceptors (Lipinski definition) is 16.